The highest BCUT2D eigenvalue weighted by atomic mass is 16.2. The van der Waals surface area contributed by atoms with Crippen LogP contribution in [0.1, 0.15) is 22.8 Å². The molecule has 0 unspecified atom stereocenters. The Morgan fingerprint density at radius 2 is 1.50 bits per heavy atom. The van der Waals surface area contributed by atoms with Gasteiger partial charge in [0.2, 0.25) is 0 Å². The van der Waals surface area contributed by atoms with Gasteiger partial charge in [0.1, 0.15) is 0 Å². The van der Waals surface area contributed by atoms with Gasteiger partial charge in [0, 0.05) is 33.9 Å². The molecular formula is C28H23N3O. The van der Waals surface area contributed by atoms with Crippen LogP contribution in [0.25, 0.3) is 32.9 Å². The molecule has 1 aromatic heterocycles. The topological polar surface area (TPSA) is 46.4 Å². The number of carbonyl (C=O) groups is 1. The quantitative estimate of drug-likeness (QED) is 0.267. The Kier molecular flexibility index (Phi) is 5.26. The molecule has 0 saturated carbocycles. The predicted molar refractivity (Wildman–Crippen MR) is 132 cm³/mol. The minimum absolute atomic E-state index is 0.232. The van der Waals surface area contributed by atoms with Crippen LogP contribution in [0, 0.1) is 0 Å². The summed E-state index contributed by atoms with van der Waals surface area (Å²) in [6.07, 6.45) is 1.69. The van der Waals surface area contributed by atoms with Crippen molar-refractivity contribution in [2.75, 3.05) is 0 Å². The molecule has 1 heterocycles. The molecule has 156 valence electrons. The van der Waals surface area contributed by atoms with Gasteiger partial charge in [-0.25, -0.2) is 5.43 Å². The number of benzene rings is 4. The molecule has 0 spiro atoms. The van der Waals surface area contributed by atoms with Crippen LogP contribution in [0.4, 0.5) is 0 Å². The molecular weight excluding hydrogens is 394 g/mol. The number of para-hydroxylation sites is 1. The molecule has 0 fully saturated rings. The van der Waals surface area contributed by atoms with E-state index >= 15 is 0 Å². The number of fused-ring (bicyclic) bond motifs is 3. The first-order valence-corrected chi connectivity index (χ1v) is 10.7. The second kappa shape index (κ2) is 8.52. The van der Waals surface area contributed by atoms with Gasteiger partial charge in [0.15, 0.2) is 0 Å². The molecule has 4 aromatic carbocycles. The van der Waals surface area contributed by atoms with Gasteiger partial charge in [-0.2, -0.15) is 5.10 Å². The van der Waals surface area contributed by atoms with Crippen LogP contribution in [0.3, 0.4) is 0 Å². The first kappa shape index (κ1) is 19.8. The summed E-state index contributed by atoms with van der Waals surface area (Å²) in [5, 5.41) is 6.59. The van der Waals surface area contributed by atoms with Crippen molar-refractivity contribution in [2.45, 2.75) is 13.5 Å². The van der Waals surface area contributed by atoms with Crippen LogP contribution in [0.2, 0.25) is 0 Å². The molecule has 0 bridgehead atoms. The molecule has 0 atom stereocenters. The number of aromatic nitrogens is 1. The number of hydrogen-bond acceptors (Lipinski definition) is 2. The largest absolute Gasteiger partial charge is 0.341 e. The fourth-order valence-electron chi connectivity index (χ4n) is 4.17. The number of amides is 1. The van der Waals surface area contributed by atoms with Crippen LogP contribution in [-0.4, -0.2) is 16.7 Å². The summed E-state index contributed by atoms with van der Waals surface area (Å²) in [7, 11) is 0. The molecule has 32 heavy (non-hydrogen) atoms. The minimum Gasteiger partial charge on any atom is -0.341 e. The van der Waals surface area contributed by atoms with Gasteiger partial charge in [-0.05, 0) is 53.9 Å². The van der Waals surface area contributed by atoms with Crippen LogP contribution in [-0.2, 0) is 6.54 Å². The molecule has 1 N–H and O–H groups in total. The number of hydrogen-bond donors (Lipinski definition) is 1. The van der Waals surface area contributed by atoms with Crippen LogP contribution in [0.15, 0.2) is 102 Å². The fourth-order valence-corrected chi connectivity index (χ4v) is 4.17. The first-order valence-electron chi connectivity index (χ1n) is 10.7. The normalized spacial score (nSPS) is 11.4. The summed E-state index contributed by atoms with van der Waals surface area (Å²) in [5.74, 6) is -0.232. The Labute approximate surface area is 186 Å². The van der Waals surface area contributed by atoms with Crippen molar-refractivity contribution >= 4 is 33.9 Å². The Morgan fingerprint density at radius 3 is 2.28 bits per heavy atom. The van der Waals surface area contributed by atoms with E-state index < -0.39 is 0 Å². The highest BCUT2D eigenvalue weighted by Crippen LogP contribution is 2.29. The maximum atomic E-state index is 12.5. The first-order chi connectivity index (χ1) is 15.7. The smallest absolute Gasteiger partial charge is 0.271 e. The third-order valence-corrected chi connectivity index (χ3v) is 5.75. The Balaban J connectivity index is 1.33. The van der Waals surface area contributed by atoms with Crippen molar-refractivity contribution in [1.29, 1.82) is 0 Å². The van der Waals surface area contributed by atoms with Crippen LogP contribution in [0.5, 0.6) is 0 Å². The summed E-state index contributed by atoms with van der Waals surface area (Å²) >= 11 is 0. The van der Waals surface area contributed by atoms with Gasteiger partial charge in [-0.1, -0.05) is 66.7 Å². The van der Waals surface area contributed by atoms with Crippen molar-refractivity contribution in [3.63, 3.8) is 0 Å². The van der Waals surface area contributed by atoms with E-state index in [0.29, 0.717) is 5.56 Å². The standard InChI is InChI=1S/C28H23N3O/c1-2-31-26-11-7-6-10-24(26)25-18-20(12-17-27(25)31)19-29-30-28(32)23-15-13-22(14-16-23)21-8-4-3-5-9-21/h3-19H,2H2,1H3,(H,30,32)/b29-19-. The van der Waals surface area contributed by atoms with E-state index in [-0.39, 0.29) is 5.91 Å². The molecule has 0 radical (unpaired) electrons. The third-order valence-electron chi connectivity index (χ3n) is 5.75. The van der Waals surface area contributed by atoms with Gasteiger partial charge < -0.3 is 4.57 Å². The van der Waals surface area contributed by atoms with E-state index in [9.17, 15) is 4.79 Å². The molecule has 1 amide bonds. The van der Waals surface area contributed by atoms with Gasteiger partial charge in [0.25, 0.3) is 5.91 Å². The van der Waals surface area contributed by atoms with Crippen molar-refractivity contribution in [1.82, 2.24) is 9.99 Å². The van der Waals surface area contributed by atoms with E-state index in [1.165, 1.54) is 21.8 Å². The average Bonchev–Trinajstić information content (AvgIpc) is 3.17. The van der Waals surface area contributed by atoms with Crippen molar-refractivity contribution < 1.29 is 4.79 Å². The number of nitrogens with zero attached hydrogens (tertiary/aromatic N) is 2. The number of nitrogens with one attached hydrogen (secondary N) is 1. The number of rotatable bonds is 5. The van der Waals surface area contributed by atoms with E-state index in [2.05, 4.69) is 58.4 Å². The highest BCUT2D eigenvalue weighted by molar-refractivity contribution is 6.09. The van der Waals surface area contributed by atoms with E-state index in [4.69, 9.17) is 0 Å². The van der Waals surface area contributed by atoms with E-state index in [1.807, 2.05) is 60.7 Å². The van der Waals surface area contributed by atoms with Crippen molar-refractivity contribution in [3.8, 4) is 11.1 Å². The van der Waals surface area contributed by atoms with Crippen LogP contribution < -0.4 is 5.43 Å². The maximum Gasteiger partial charge on any atom is 0.271 e. The molecule has 0 saturated heterocycles. The second-order valence-corrected chi connectivity index (χ2v) is 7.68. The Morgan fingerprint density at radius 1 is 0.812 bits per heavy atom. The maximum absolute atomic E-state index is 12.5. The lowest BCUT2D eigenvalue weighted by Crippen LogP contribution is -2.17. The van der Waals surface area contributed by atoms with Crippen molar-refractivity contribution in [3.05, 3.63) is 108 Å². The average molecular weight is 418 g/mol. The third kappa shape index (κ3) is 3.67. The highest BCUT2D eigenvalue weighted by Gasteiger charge is 2.09. The van der Waals surface area contributed by atoms with Gasteiger partial charge in [0.05, 0.1) is 6.21 Å². The molecule has 0 aliphatic carbocycles. The lowest BCUT2D eigenvalue weighted by Gasteiger charge is -2.04. The monoisotopic (exact) mass is 417 g/mol. The van der Waals surface area contributed by atoms with Gasteiger partial charge >= 0.3 is 0 Å². The molecule has 0 aliphatic heterocycles. The molecule has 4 heteroatoms. The van der Waals surface area contributed by atoms with E-state index in [0.717, 1.165) is 23.2 Å². The minimum atomic E-state index is -0.232. The zero-order chi connectivity index (χ0) is 21.9. The lowest BCUT2D eigenvalue weighted by atomic mass is 10.0. The summed E-state index contributed by atoms with van der Waals surface area (Å²) in [4.78, 5) is 12.5. The molecule has 0 aliphatic rings. The molecule has 4 nitrogen and oxygen atoms in total. The van der Waals surface area contributed by atoms with E-state index in [1.54, 1.807) is 6.21 Å². The summed E-state index contributed by atoms with van der Waals surface area (Å²) < 4.78 is 2.31. The number of hydrazone groups is 1. The summed E-state index contributed by atoms with van der Waals surface area (Å²) in [6, 6.07) is 32.3. The van der Waals surface area contributed by atoms with Gasteiger partial charge in [-0.3, -0.25) is 4.79 Å². The Bertz CT molecular complexity index is 1430. The zero-order valence-electron chi connectivity index (χ0n) is 17.8. The summed E-state index contributed by atoms with van der Waals surface area (Å²) in [5.41, 5.74) is 8.77. The van der Waals surface area contributed by atoms with Gasteiger partial charge in [-0.15, -0.1) is 0 Å². The van der Waals surface area contributed by atoms with Crippen molar-refractivity contribution in [2.24, 2.45) is 5.10 Å². The fraction of sp³-hybridized carbons (Fsp3) is 0.0714. The predicted octanol–water partition coefficient (Wildman–Crippen LogP) is 6.25. The lowest BCUT2D eigenvalue weighted by molar-refractivity contribution is 0.0955. The number of aryl methyl sites for hydroxylation is 1. The van der Waals surface area contributed by atoms with Crippen LogP contribution >= 0.6 is 0 Å². The SMILES string of the molecule is CCn1c2ccccc2c2cc(/C=N\NC(=O)c3ccc(-c4ccccc4)cc3)ccc21. The second-order valence-electron chi connectivity index (χ2n) is 7.68. The molecule has 5 rings (SSSR count). The summed E-state index contributed by atoms with van der Waals surface area (Å²) in [6.45, 7) is 3.07. The molecule has 5 aromatic rings. The number of carbonyl (C=O) groups excluding carboxylic acids is 1. The zero-order valence-corrected chi connectivity index (χ0v) is 17.8. The Hall–Kier alpha value is -4.18.